The van der Waals surface area contributed by atoms with Gasteiger partial charge in [-0.05, 0) is 25.1 Å². The maximum absolute atomic E-state index is 13.4. The van der Waals surface area contributed by atoms with Gasteiger partial charge < -0.3 is 15.2 Å². The minimum Gasteiger partial charge on any atom is -0.497 e. The molecule has 3 rings (SSSR count). The van der Waals surface area contributed by atoms with E-state index in [4.69, 9.17) is 15.2 Å². The van der Waals surface area contributed by atoms with Crippen LogP contribution in [-0.2, 0) is 6.18 Å². The first-order valence-electron chi connectivity index (χ1n) is 7.71. The van der Waals surface area contributed by atoms with Gasteiger partial charge in [-0.15, -0.1) is 11.3 Å². The van der Waals surface area contributed by atoms with Crippen LogP contribution >= 0.6 is 11.3 Å². The first-order valence-corrected chi connectivity index (χ1v) is 8.52. The van der Waals surface area contributed by atoms with E-state index in [0.717, 1.165) is 17.4 Å². The predicted molar refractivity (Wildman–Crippen MR) is 96.7 cm³/mol. The summed E-state index contributed by atoms with van der Waals surface area (Å²) in [4.78, 5) is 17.1. The lowest BCUT2D eigenvalue weighted by molar-refractivity contribution is -0.136. The van der Waals surface area contributed by atoms with E-state index in [1.807, 2.05) is 0 Å². The monoisotopic (exact) mass is 396 g/mol. The normalized spacial score (nSPS) is 11.6. The number of benzene rings is 1. The van der Waals surface area contributed by atoms with E-state index >= 15 is 0 Å². The molecule has 0 atom stereocenters. The lowest BCUT2D eigenvalue weighted by Crippen LogP contribution is -2.08. The number of aryl methyl sites for hydroxylation is 1. The summed E-state index contributed by atoms with van der Waals surface area (Å²) in [5, 5.41) is -0.256. The van der Waals surface area contributed by atoms with Crippen molar-refractivity contribution in [1.29, 1.82) is 0 Å². The molecule has 0 unspecified atom stereocenters. The Morgan fingerprint density at radius 2 is 1.89 bits per heavy atom. The van der Waals surface area contributed by atoms with Crippen LogP contribution in [0.15, 0.2) is 24.3 Å². The zero-order chi connectivity index (χ0) is 19.9. The molecule has 1 aromatic carbocycles. The number of nitrogens with two attached hydrogens (primary N) is 1. The van der Waals surface area contributed by atoms with E-state index in [0.29, 0.717) is 5.75 Å². The molecule has 0 aliphatic heterocycles. The van der Waals surface area contributed by atoms with Gasteiger partial charge in [-0.2, -0.15) is 13.2 Å². The molecule has 9 heteroatoms. The number of nitrogen functional groups attached to an aromatic ring is 1. The molecule has 0 saturated carbocycles. The maximum atomic E-state index is 13.4. The Kier molecular flexibility index (Phi) is 4.73. The van der Waals surface area contributed by atoms with E-state index in [9.17, 15) is 18.0 Å². The number of alkyl halides is 3. The van der Waals surface area contributed by atoms with Crippen LogP contribution in [0.3, 0.4) is 0 Å². The topological polar surface area (TPSA) is 74.4 Å². The smallest absolute Gasteiger partial charge is 0.417 e. The third kappa shape index (κ3) is 3.30. The van der Waals surface area contributed by atoms with Gasteiger partial charge in [0.1, 0.15) is 21.2 Å². The Morgan fingerprint density at radius 1 is 1.19 bits per heavy atom. The number of pyridine rings is 1. The number of methoxy groups -OCH3 is 2. The van der Waals surface area contributed by atoms with Gasteiger partial charge in [0.25, 0.3) is 0 Å². The molecule has 0 saturated heterocycles. The average molecular weight is 396 g/mol. The number of carbonyl (C=O) groups is 1. The second-order valence-electron chi connectivity index (χ2n) is 5.73. The van der Waals surface area contributed by atoms with Gasteiger partial charge in [0.05, 0.1) is 31.0 Å². The second kappa shape index (κ2) is 6.73. The summed E-state index contributed by atoms with van der Waals surface area (Å²) in [6.45, 7) is 1.46. The molecule has 0 aliphatic rings. The fraction of sp³-hybridized carbons (Fsp3) is 0.222. The van der Waals surface area contributed by atoms with Gasteiger partial charge in [-0.1, -0.05) is 0 Å². The number of ether oxygens (including phenoxy) is 2. The summed E-state index contributed by atoms with van der Waals surface area (Å²) >= 11 is 0.828. The number of fused-ring (bicyclic) bond motifs is 1. The molecule has 0 radical (unpaired) electrons. The Bertz CT molecular complexity index is 1040. The Hall–Kier alpha value is -2.81. The molecule has 27 heavy (non-hydrogen) atoms. The van der Waals surface area contributed by atoms with E-state index in [-0.39, 0.29) is 37.8 Å². The number of aromatic nitrogens is 1. The summed E-state index contributed by atoms with van der Waals surface area (Å²) < 4.78 is 50.5. The fourth-order valence-electron chi connectivity index (χ4n) is 2.74. The standard InChI is InChI=1S/C18H15F3N2O3S/c1-8-6-11(18(19,20)21)13-14(22)16(27-17(13)23-8)15(24)10-5-4-9(25-2)7-12(10)26-3/h4-7H,22H2,1-3H3. The summed E-state index contributed by atoms with van der Waals surface area (Å²) in [6, 6.07) is 5.48. The minimum absolute atomic E-state index is 0.0166. The molecule has 5 nitrogen and oxygen atoms in total. The molecule has 2 aromatic heterocycles. The molecular weight excluding hydrogens is 381 g/mol. The summed E-state index contributed by atoms with van der Waals surface area (Å²) in [6.07, 6.45) is -4.61. The molecule has 2 heterocycles. The third-order valence-electron chi connectivity index (χ3n) is 3.99. The fourth-order valence-corrected chi connectivity index (χ4v) is 3.86. The summed E-state index contributed by atoms with van der Waals surface area (Å²) in [5.74, 6) is 0.168. The van der Waals surface area contributed by atoms with Crippen LogP contribution in [0.4, 0.5) is 18.9 Å². The van der Waals surface area contributed by atoms with Gasteiger partial charge in [0, 0.05) is 17.1 Å². The number of nitrogens with zero attached hydrogens (tertiary/aromatic N) is 1. The quantitative estimate of drug-likeness (QED) is 0.660. The molecular formula is C18H15F3N2O3S. The van der Waals surface area contributed by atoms with Crippen molar-refractivity contribution in [3.8, 4) is 11.5 Å². The van der Waals surface area contributed by atoms with E-state index < -0.39 is 17.5 Å². The third-order valence-corrected chi connectivity index (χ3v) is 5.09. The number of hydrogen-bond acceptors (Lipinski definition) is 6. The largest absolute Gasteiger partial charge is 0.497 e. The summed E-state index contributed by atoms with van der Waals surface area (Å²) in [5.41, 5.74) is 5.18. The minimum atomic E-state index is -4.61. The number of rotatable bonds is 4. The van der Waals surface area contributed by atoms with Crippen LogP contribution in [0.1, 0.15) is 26.5 Å². The molecule has 0 bridgehead atoms. The van der Waals surface area contributed by atoms with Crippen LogP contribution in [0, 0.1) is 6.92 Å². The lowest BCUT2D eigenvalue weighted by atomic mass is 10.0. The van der Waals surface area contributed by atoms with E-state index in [2.05, 4.69) is 4.98 Å². The maximum Gasteiger partial charge on any atom is 0.417 e. The Labute approximate surface area is 156 Å². The van der Waals surface area contributed by atoms with Crippen molar-refractivity contribution < 1.29 is 27.4 Å². The molecule has 2 N–H and O–H groups in total. The van der Waals surface area contributed by atoms with Crippen molar-refractivity contribution in [3.63, 3.8) is 0 Å². The zero-order valence-electron chi connectivity index (χ0n) is 14.6. The van der Waals surface area contributed by atoms with Crippen LogP contribution in [0.25, 0.3) is 10.2 Å². The highest BCUT2D eigenvalue weighted by Crippen LogP contribution is 2.43. The first-order chi connectivity index (χ1) is 12.7. The van der Waals surface area contributed by atoms with Crippen molar-refractivity contribution in [3.05, 3.63) is 46.0 Å². The van der Waals surface area contributed by atoms with Crippen LogP contribution in [-0.4, -0.2) is 25.0 Å². The van der Waals surface area contributed by atoms with Gasteiger partial charge in [0.2, 0.25) is 5.78 Å². The van der Waals surface area contributed by atoms with Crippen molar-refractivity contribution >= 4 is 33.0 Å². The first kappa shape index (κ1) is 19.0. The van der Waals surface area contributed by atoms with Crippen LogP contribution in [0.2, 0.25) is 0 Å². The van der Waals surface area contributed by atoms with Crippen LogP contribution in [0.5, 0.6) is 11.5 Å². The molecule has 0 amide bonds. The lowest BCUT2D eigenvalue weighted by Gasteiger charge is -2.10. The number of ketones is 1. The number of carbonyl (C=O) groups excluding carboxylic acids is 1. The second-order valence-corrected chi connectivity index (χ2v) is 6.73. The molecule has 0 spiro atoms. The number of thiophene rings is 1. The highest BCUT2D eigenvalue weighted by Gasteiger charge is 2.36. The highest BCUT2D eigenvalue weighted by molar-refractivity contribution is 7.21. The van der Waals surface area contributed by atoms with Gasteiger partial charge in [0.15, 0.2) is 0 Å². The van der Waals surface area contributed by atoms with Crippen molar-refractivity contribution in [2.45, 2.75) is 13.1 Å². The highest BCUT2D eigenvalue weighted by atomic mass is 32.1. The van der Waals surface area contributed by atoms with Gasteiger partial charge in [-0.25, -0.2) is 4.98 Å². The summed E-state index contributed by atoms with van der Waals surface area (Å²) in [7, 11) is 2.85. The number of halogens is 3. The Balaban J connectivity index is 2.21. The molecule has 0 aliphatic carbocycles. The van der Waals surface area contributed by atoms with Crippen molar-refractivity contribution in [2.75, 3.05) is 20.0 Å². The Morgan fingerprint density at radius 3 is 2.48 bits per heavy atom. The van der Waals surface area contributed by atoms with Gasteiger partial charge >= 0.3 is 6.18 Å². The van der Waals surface area contributed by atoms with Crippen molar-refractivity contribution in [2.24, 2.45) is 0 Å². The van der Waals surface area contributed by atoms with E-state index in [1.54, 1.807) is 6.07 Å². The average Bonchev–Trinajstić information content (AvgIpc) is 2.95. The van der Waals surface area contributed by atoms with E-state index in [1.165, 1.54) is 33.3 Å². The molecule has 3 aromatic rings. The number of hydrogen-bond donors (Lipinski definition) is 1. The van der Waals surface area contributed by atoms with Crippen LogP contribution < -0.4 is 15.2 Å². The molecule has 0 fully saturated rings. The van der Waals surface area contributed by atoms with Gasteiger partial charge in [-0.3, -0.25) is 4.79 Å². The SMILES string of the molecule is COc1ccc(C(=O)c2sc3nc(C)cc(C(F)(F)F)c3c2N)c(OC)c1. The number of anilines is 1. The zero-order valence-corrected chi connectivity index (χ0v) is 15.4. The molecule has 142 valence electrons. The predicted octanol–water partition coefficient (Wildman–Crippen LogP) is 4.45. The van der Waals surface area contributed by atoms with Crippen molar-refractivity contribution in [1.82, 2.24) is 4.98 Å².